The number of benzene rings is 1. The van der Waals surface area contributed by atoms with Crippen LogP contribution in [-0.4, -0.2) is 45.1 Å². The van der Waals surface area contributed by atoms with E-state index in [1.54, 1.807) is 0 Å². The van der Waals surface area contributed by atoms with Crippen LogP contribution in [0.3, 0.4) is 0 Å². The molecule has 1 aliphatic heterocycles. The minimum atomic E-state index is -0.403. The molecule has 6 nitrogen and oxygen atoms in total. The Morgan fingerprint density at radius 2 is 1.93 bits per heavy atom. The van der Waals surface area contributed by atoms with Crippen molar-refractivity contribution in [3.63, 3.8) is 0 Å². The first-order valence-electron chi connectivity index (χ1n) is 9.91. The Morgan fingerprint density at radius 3 is 2.67 bits per heavy atom. The maximum atomic E-state index is 12.9. The lowest BCUT2D eigenvalue weighted by molar-refractivity contribution is -0.129. The number of likely N-dealkylation sites (tertiary alicyclic amines) is 1. The van der Waals surface area contributed by atoms with Gasteiger partial charge in [0.05, 0.1) is 5.69 Å². The largest absolute Gasteiger partial charge is 0.339 e. The van der Waals surface area contributed by atoms with Gasteiger partial charge in [0.1, 0.15) is 6.04 Å². The fraction of sp³-hybridized carbons (Fsp3) is 0.476. The van der Waals surface area contributed by atoms with Crippen molar-refractivity contribution in [2.75, 3.05) is 6.54 Å². The van der Waals surface area contributed by atoms with Crippen molar-refractivity contribution in [2.24, 2.45) is 0 Å². The normalized spacial score (nSPS) is 21.6. The average Bonchev–Trinajstić information content (AvgIpc) is 3.10. The third-order valence-corrected chi connectivity index (χ3v) is 5.96. The van der Waals surface area contributed by atoms with E-state index in [9.17, 15) is 9.59 Å². The van der Waals surface area contributed by atoms with Crippen LogP contribution in [0.25, 0.3) is 5.69 Å². The van der Waals surface area contributed by atoms with Crippen molar-refractivity contribution in [3.8, 4) is 5.69 Å². The van der Waals surface area contributed by atoms with Gasteiger partial charge in [-0.15, -0.1) is 0 Å². The molecule has 2 aromatic rings. The summed E-state index contributed by atoms with van der Waals surface area (Å²) in [6.45, 7) is 2.81. The molecule has 1 atom stereocenters. The number of aromatic nitrogens is 2. The van der Waals surface area contributed by atoms with Crippen molar-refractivity contribution in [1.82, 2.24) is 20.0 Å². The molecule has 1 unspecified atom stereocenters. The standard InChI is InChI=1S/C21H24N4O2/c1-13-5-7-15(8-6-13)25-18-4-2-3-16(18)19(23-25)20(26)22-17-11-12-24(21(17)27)14-9-10-14/h5-8,14,17H,2-4,9-12H2,1H3,(H,22,26). The van der Waals surface area contributed by atoms with Crippen LogP contribution < -0.4 is 5.32 Å². The summed E-state index contributed by atoms with van der Waals surface area (Å²) in [4.78, 5) is 27.4. The number of nitrogens with zero attached hydrogens (tertiary/aromatic N) is 3. The second-order valence-electron chi connectivity index (χ2n) is 7.95. The van der Waals surface area contributed by atoms with Gasteiger partial charge in [0.25, 0.3) is 5.91 Å². The Hall–Kier alpha value is -2.63. The predicted molar refractivity (Wildman–Crippen MR) is 101 cm³/mol. The molecule has 27 heavy (non-hydrogen) atoms. The first-order valence-corrected chi connectivity index (χ1v) is 9.91. The maximum Gasteiger partial charge on any atom is 0.272 e. The van der Waals surface area contributed by atoms with Crippen LogP contribution in [-0.2, 0) is 17.6 Å². The number of amides is 2. The maximum absolute atomic E-state index is 12.9. The molecule has 0 spiro atoms. The van der Waals surface area contributed by atoms with E-state index in [2.05, 4.69) is 29.5 Å². The second-order valence-corrected chi connectivity index (χ2v) is 7.95. The van der Waals surface area contributed by atoms with Crippen LogP contribution in [0.4, 0.5) is 0 Å². The highest BCUT2D eigenvalue weighted by Crippen LogP contribution is 2.31. The van der Waals surface area contributed by atoms with Gasteiger partial charge in [-0.1, -0.05) is 17.7 Å². The molecule has 140 valence electrons. The Labute approximate surface area is 158 Å². The highest BCUT2D eigenvalue weighted by atomic mass is 16.2. The fourth-order valence-corrected chi connectivity index (χ4v) is 4.33. The zero-order valence-corrected chi connectivity index (χ0v) is 15.6. The molecule has 2 fully saturated rings. The first-order chi connectivity index (χ1) is 13.1. The SMILES string of the molecule is Cc1ccc(-n2nc(C(=O)NC3CCN(C4CC4)C3=O)c3c2CCC3)cc1. The molecule has 1 N–H and O–H groups in total. The molecule has 5 rings (SSSR count). The second kappa shape index (κ2) is 6.22. The summed E-state index contributed by atoms with van der Waals surface area (Å²) >= 11 is 0. The third kappa shape index (κ3) is 2.83. The molecule has 2 amide bonds. The van der Waals surface area contributed by atoms with E-state index in [1.165, 1.54) is 5.56 Å². The number of carbonyl (C=O) groups excluding carboxylic acids is 2. The molecule has 3 aliphatic rings. The van der Waals surface area contributed by atoms with Gasteiger partial charge < -0.3 is 10.2 Å². The monoisotopic (exact) mass is 364 g/mol. The van der Waals surface area contributed by atoms with Crippen molar-refractivity contribution < 1.29 is 9.59 Å². The molecule has 0 radical (unpaired) electrons. The van der Waals surface area contributed by atoms with Crippen LogP contribution in [0.5, 0.6) is 0 Å². The number of nitrogens with one attached hydrogen (secondary N) is 1. The number of rotatable bonds is 4. The van der Waals surface area contributed by atoms with Crippen LogP contribution in [0.1, 0.15) is 53.0 Å². The number of fused-ring (bicyclic) bond motifs is 1. The van der Waals surface area contributed by atoms with E-state index < -0.39 is 6.04 Å². The Morgan fingerprint density at radius 1 is 1.15 bits per heavy atom. The van der Waals surface area contributed by atoms with E-state index in [0.717, 1.165) is 55.6 Å². The van der Waals surface area contributed by atoms with Gasteiger partial charge in [0.2, 0.25) is 5.91 Å². The zero-order chi connectivity index (χ0) is 18.5. The Kier molecular flexibility index (Phi) is 3.81. The summed E-state index contributed by atoms with van der Waals surface area (Å²) in [5, 5.41) is 7.60. The number of aryl methyl sites for hydroxylation is 1. The number of carbonyl (C=O) groups is 2. The van der Waals surface area contributed by atoms with Gasteiger partial charge in [-0.05, 0) is 57.6 Å². The summed E-state index contributed by atoms with van der Waals surface area (Å²) in [5.74, 6) is -0.143. The lowest BCUT2D eigenvalue weighted by Crippen LogP contribution is -2.42. The summed E-state index contributed by atoms with van der Waals surface area (Å²) in [7, 11) is 0. The predicted octanol–water partition coefficient (Wildman–Crippen LogP) is 2.16. The van der Waals surface area contributed by atoms with E-state index >= 15 is 0 Å². The minimum Gasteiger partial charge on any atom is -0.339 e. The van der Waals surface area contributed by atoms with Gasteiger partial charge >= 0.3 is 0 Å². The van der Waals surface area contributed by atoms with Crippen LogP contribution in [0.2, 0.25) is 0 Å². The van der Waals surface area contributed by atoms with Gasteiger partial charge in [0.15, 0.2) is 5.69 Å². The Bertz CT molecular complexity index is 911. The summed E-state index contributed by atoms with van der Waals surface area (Å²) in [6.07, 6.45) is 5.74. The molecule has 6 heteroatoms. The van der Waals surface area contributed by atoms with E-state index in [4.69, 9.17) is 0 Å². The molecular weight excluding hydrogens is 340 g/mol. The van der Waals surface area contributed by atoms with Crippen LogP contribution in [0, 0.1) is 6.92 Å². The van der Waals surface area contributed by atoms with Crippen molar-refractivity contribution in [1.29, 1.82) is 0 Å². The highest BCUT2D eigenvalue weighted by Gasteiger charge is 2.41. The van der Waals surface area contributed by atoms with E-state index in [0.29, 0.717) is 18.2 Å². The van der Waals surface area contributed by atoms with Gasteiger partial charge in [-0.2, -0.15) is 5.10 Å². The smallest absolute Gasteiger partial charge is 0.272 e. The number of hydrogen-bond donors (Lipinski definition) is 1. The summed E-state index contributed by atoms with van der Waals surface area (Å²) < 4.78 is 1.91. The van der Waals surface area contributed by atoms with Crippen LogP contribution in [0.15, 0.2) is 24.3 Å². The van der Waals surface area contributed by atoms with Gasteiger partial charge in [-0.3, -0.25) is 9.59 Å². The molecule has 0 bridgehead atoms. The summed E-state index contributed by atoms with van der Waals surface area (Å²) in [5.41, 5.74) is 4.83. The van der Waals surface area contributed by atoms with Gasteiger partial charge in [0, 0.05) is 23.8 Å². The molecule has 1 aromatic heterocycles. The highest BCUT2D eigenvalue weighted by molar-refractivity contribution is 5.98. The third-order valence-electron chi connectivity index (χ3n) is 5.96. The zero-order valence-electron chi connectivity index (χ0n) is 15.6. The van der Waals surface area contributed by atoms with Crippen molar-refractivity contribution in [3.05, 3.63) is 46.8 Å². The first kappa shape index (κ1) is 16.5. The van der Waals surface area contributed by atoms with Gasteiger partial charge in [-0.25, -0.2) is 4.68 Å². The van der Waals surface area contributed by atoms with Crippen LogP contribution >= 0.6 is 0 Å². The van der Waals surface area contributed by atoms with E-state index in [1.807, 2.05) is 21.7 Å². The average molecular weight is 364 g/mol. The van der Waals surface area contributed by atoms with Crippen molar-refractivity contribution >= 4 is 11.8 Å². The molecule has 1 saturated heterocycles. The molecule has 1 saturated carbocycles. The minimum absolute atomic E-state index is 0.0699. The molecule has 2 aliphatic carbocycles. The quantitative estimate of drug-likeness (QED) is 0.904. The Balaban J connectivity index is 1.40. The number of hydrogen-bond acceptors (Lipinski definition) is 3. The topological polar surface area (TPSA) is 67.2 Å². The summed E-state index contributed by atoms with van der Waals surface area (Å²) in [6, 6.07) is 8.20. The fourth-order valence-electron chi connectivity index (χ4n) is 4.33. The molecule has 1 aromatic carbocycles. The lowest BCUT2D eigenvalue weighted by Gasteiger charge is -2.16. The lowest BCUT2D eigenvalue weighted by atomic mass is 10.1. The molecule has 2 heterocycles. The van der Waals surface area contributed by atoms with E-state index in [-0.39, 0.29) is 11.8 Å². The molecular formula is C21H24N4O2. The van der Waals surface area contributed by atoms with Crippen molar-refractivity contribution in [2.45, 2.75) is 57.5 Å².